The van der Waals surface area contributed by atoms with Crippen LogP contribution in [0.1, 0.15) is 31.1 Å². The van der Waals surface area contributed by atoms with Gasteiger partial charge in [0, 0.05) is 24.4 Å². The van der Waals surface area contributed by atoms with E-state index in [1.807, 2.05) is 35.1 Å². The van der Waals surface area contributed by atoms with Gasteiger partial charge in [-0.15, -0.1) is 0 Å². The number of aryl methyl sites for hydroxylation is 1. The van der Waals surface area contributed by atoms with Crippen LogP contribution in [0.25, 0.3) is 0 Å². The molecule has 0 aliphatic rings. The summed E-state index contributed by atoms with van der Waals surface area (Å²) >= 11 is 0. The molecule has 0 aliphatic carbocycles. The molecule has 114 valence electrons. The van der Waals surface area contributed by atoms with E-state index in [1.165, 1.54) is 0 Å². The molecule has 2 aromatic rings. The fourth-order valence-electron chi connectivity index (χ4n) is 2.49. The molecule has 0 bridgehead atoms. The molecule has 21 heavy (non-hydrogen) atoms. The maximum Gasteiger partial charge on any atom is 0.127 e. The van der Waals surface area contributed by atoms with Gasteiger partial charge in [0.25, 0.3) is 0 Å². The third kappa shape index (κ3) is 3.19. The fraction of sp³-hybridized carbons (Fsp3) is 0.438. The molecular weight excluding hydrogens is 266 g/mol. The van der Waals surface area contributed by atoms with Crippen LogP contribution in [-0.2, 0) is 6.54 Å². The van der Waals surface area contributed by atoms with Crippen LogP contribution in [-0.4, -0.2) is 30.5 Å². The number of nitrogens with zero attached hydrogens (tertiary/aromatic N) is 2. The standard InChI is InChI=1S/C16H23N3O2/c1-5-17-16(14-9-10-18-19(14)6-2)13-8-7-12(20-3)11-15(13)21-4/h7-11,16-17H,5-6H2,1-4H3. The third-order valence-corrected chi connectivity index (χ3v) is 3.50. The normalized spacial score (nSPS) is 12.2. The van der Waals surface area contributed by atoms with Crippen molar-refractivity contribution in [1.82, 2.24) is 15.1 Å². The molecule has 2 rings (SSSR count). The Balaban J connectivity index is 2.47. The average Bonchev–Trinajstić information content (AvgIpc) is 3.00. The lowest BCUT2D eigenvalue weighted by molar-refractivity contribution is 0.386. The van der Waals surface area contributed by atoms with Crippen LogP contribution in [0.2, 0.25) is 0 Å². The van der Waals surface area contributed by atoms with E-state index in [0.29, 0.717) is 0 Å². The van der Waals surface area contributed by atoms with Crippen molar-refractivity contribution in [1.29, 1.82) is 0 Å². The van der Waals surface area contributed by atoms with E-state index in [-0.39, 0.29) is 6.04 Å². The Morgan fingerprint density at radius 3 is 2.62 bits per heavy atom. The maximum absolute atomic E-state index is 5.54. The summed E-state index contributed by atoms with van der Waals surface area (Å²) in [5.74, 6) is 1.60. The van der Waals surface area contributed by atoms with E-state index < -0.39 is 0 Å². The zero-order valence-electron chi connectivity index (χ0n) is 13.1. The number of rotatable bonds is 7. The van der Waals surface area contributed by atoms with Crippen molar-refractivity contribution in [3.8, 4) is 11.5 Å². The van der Waals surface area contributed by atoms with Crippen LogP contribution in [0.15, 0.2) is 30.5 Å². The fourth-order valence-corrected chi connectivity index (χ4v) is 2.49. The van der Waals surface area contributed by atoms with Gasteiger partial charge in [-0.3, -0.25) is 4.68 Å². The van der Waals surface area contributed by atoms with E-state index in [2.05, 4.69) is 24.3 Å². The Hall–Kier alpha value is -2.01. The second-order valence-electron chi connectivity index (χ2n) is 4.67. The van der Waals surface area contributed by atoms with Crippen molar-refractivity contribution in [2.45, 2.75) is 26.4 Å². The van der Waals surface area contributed by atoms with Gasteiger partial charge in [0.05, 0.1) is 26.0 Å². The van der Waals surface area contributed by atoms with E-state index in [9.17, 15) is 0 Å². The number of methoxy groups -OCH3 is 2. The molecule has 0 radical (unpaired) electrons. The van der Waals surface area contributed by atoms with Gasteiger partial charge in [-0.1, -0.05) is 6.92 Å². The Bertz CT molecular complexity index is 581. The zero-order chi connectivity index (χ0) is 15.2. The van der Waals surface area contributed by atoms with Crippen molar-refractivity contribution in [2.24, 2.45) is 0 Å². The van der Waals surface area contributed by atoms with Gasteiger partial charge >= 0.3 is 0 Å². The molecule has 0 amide bonds. The van der Waals surface area contributed by atoms with Crippen molar-refractivity contribution in [3.63, 3.8) is 0 Å². The zero-order valence-corrected chi connectivity index (χ0v) is 13.1. The quantitative estimate of drug-likeness (QED) is 0.851. The first-order chi connectivity index (χ1) is 10.2. The molecule has 0 aliphatic heterocycles. The smallest absolute Gasteiger partial charge is 0.127 e. The van der Waals surface area contributed by atoms with Crippen LogP contribution < -0.4 is 14.8 Å². The molecular formula is C16H23N3O2. The summed E-state index contributed by atoms with van der Waals surface area (Å²) in [5.41, 5.74) is 2.21. The molecule has 5 heteroatoms. The highest BCUT2D eigenvalue weighted by molar-refractivity contribution is 5.45. The first-order valence-corrected chi connectivity index (χ1v) is 7.22. The predicted octanol–water partition coefficient (Wildman–Crippen LogP) is 2.62. The number of hydrogen-bond acceptors (Lipinski definition) is 4. The predicted molar refractivity (Wildman–Crippen MR) is 83.0 cm³/mol. The largest absolute Gasteiger partial charge is 0.497 e. The van der Waals surface area contributed by atoms with Gasteiger partial charge < -0.3 is 14.8 Å². The summed E-state index contributed by atoms with van der Waals surface area (Å²) in [6.07, 6.45) is 1.83. The number of hydrogen-bond donors (Lipinski definition) is 1. The van der Waals surface area contributed by atoms with E-state index in [1.54, 1.807) is 14.2 Å². The highest BCUT2D eigenvalue weighted by atomic mass is 16.5. The SMILES string of the molecule is CCNC(c1ccc(OC)cc1OC)c1ccnn1CC. The molecule has 5 nitrogen and oxygen atoms in total. The molecule has 0 saturated carbocycles. The molecule has 1 N–H and O–H groups in total. The van der Waals surface area contributed by atoms with Crippen LogP contribution in [0.5, 0.6) is 11.5 Å². The molecule has 0 spiro atoms. The van der Waals surface area contributed by atoms with Crippen molar-refractivity contribution < 1.29 is 9.47 Å². The Kier molecular flexibility index (Phi) is 5.22. The summed E-state index contributed by atoms with van der Waals surface area (Å²) in [6, 6.07) is 7.98. The van der Waals surface area contributed by atoms with Gasteiger partial charge in [0.2, 0.25) is 0 Å². The number of benzene rings is 1. The summed E-state index contributed by atoms with van der Waals surface area (Å²) in [6.45, 7) is 5.87. The summed E-state index contributed by atoms with van der Waals surface area (Å²) in [4.78, 5) is 0. The lowest BCUT2D eigenvalue weighted by Crippen LogP contribution is -2.25. The van der Waals surface area contributed by atoms with E-state index in [4.69, 9.17) is 9.47 Å². The topological polar surface area (TPSA) is 48.3 Å². The molecule has 1 aromatic heterocycles. The van der Waals surface area contributed by atoms with Gasteiger partial charge in [-0.05, 0) is 31.7 Å². The second-order valence-corrected chi connectivity index (χ2v) is 4.67. The van der Waals surface area contributed by atoms with Crippen LogP contribution >= 0.6 is 0 Å². The average molecular weight is 289 g/mol. The summed E-state index contributed by atoms with van der Waals surface area (Å²) in [5, 5.41) is 7.87. The molecule has 1 unspecified atom stereocenters. The van der Waals surface area contributed by atoms with Crippen molar-refractivity contribution in [2.75, 3.05) is 20.8 Å². The summed E-state index contributed by atoms with van der Waals surface area (Å²) < 4.78 is 12.8. The Morgan fingerprint density at radius 1 is 1.19 bits per heavy atom. The van der Waals surface area contributed by atoms with Gasteiger partial charge in [-0.2, -0.15) is 5.10 Å². The third-order valence-electron chi connectivity index (χ3n) is 3.50. The van der Waals surface area contributed by atoms with Crippen LogP contribution in [0, 0.1) is 0 Å². The minimum Gasteiger partial charge on any atom is -0.497 e. The van der Waals surface area contributed by atoms with Gasteiger partial charge in [-0.25, -0.2) is 0 Å². The van der Waals surface area contributed by atoms with Gasteiger partial charge in [0.15, 0.2) is 0 Å². The molecule has 1 atom stereocenters. The molecule has 0 saturated heterocycles. The minimum atomic E-state index is 0.0401. The molecule has 0 fully saturated rings. The first kappa shape index (κ1) is 15.4. The van der Waals surface area contributed by atoms with Crippen LogP contribution in [0.3, 0.4) is 0 Å². The van der Waals surface area contributed by atoms with Crippen LogP contribution in [0.4, 0.5) is 0 Å². The van der Waals surface area contributed by atoms with Crippen molar-refractivity contribution in [3.05, 3.63) is 41.7 Å². The Labute approximate surface area is 125 Å². The Morgan fingerprint density at radius 2 is 2.00 bits per heavy atom. The maximum atomic E-state index is 5.54. The van der Waals surface area contributed by atoms with E-state index in [0.717, 1.165) is 35.8 Å². The number of ether oxygens (including phenoxy) is 2. The molecule has 1 aromatic carbocycles. The lowest BCUT2D eigenvalue weighted by Gasteiger charge is -2.22. The number of aromatic nitrogens is 2. The van der Waals surface area contributed by atoms with Gasteiger partial charge in [0.1, 0.15) is 11.5 Å². The highest BCUT2D eigenvalue weighted by Gasteiger charge is 2.21. The first-order valence-electron chi connectivity index (χ1n) is 7.22. The monoisotopic (exact) mass is 289 g/mol. The lowest BCUT2D eigenvalue weighted by atomic mass is 10.0. The molecule has 1 heterocycles. The second kappa shape index (κ2) is 7.13. The number of nitrogens with one attached hydrogen (secondary N) is 1. The van der Waals surface area contributed by atoms with E-state index >= 15 is 0 Å². The van der Waals surface area contributed by atoms with Crippen molar-refractivity contribution >= 4 is 0 Å². The minimum absolute atomic E-state index is 0.0401. The summed E-state index contributed by atoms with van der Waals surface area (Å²) in [7, 11) is 3.33. The highest BCUT2D eigenvalue weighted by Crippen LogP contribution is 2.32.